The van der Waals surface area contributed by atoms with Crippen LogP contribution in [0.1, 0.15) is 30.3 Å². The molecule has 84 valence electrons. The minimum Gasteiger partial charge on any atom is -0.323 e. The molecule has 0 saturated heterocycles. The number of nitrogens with zero attached hydrogens (tertiary/aromatic N) is 1. The number of nitrogens with two attached hydrogens (primary N) is 1. The maximum absolute atomic E-state index is 11.9. The Bertz CT molecular complexity index is 323. The Morgan fingerprint density at radius 2 is 2.07 bits per heavy atom. The lowest BCUT2D eigenvalue weighted by Gasteiger charge is -2.12. The number of hydrogen-bond acceptors (Lipinski definition) is 2. The number of alkyl halides is 3. The molecule has 1 atom stereocenters. The number of rotatable bonds is 3. The lowest BCUT2D eigenvalue weighted by atomic mass is 10.1. The van der Waals surface area contributed by atoms with E-state index in [1.54, 1.807) is 25.1 Å². The molecule has 0 unspecified atom stereocenters. The van der Waals surface area contributed by atoms with Crippen molar-refractivity contribution in [2.75, 3.05) is 0 Å². The molecule has 0 saturated carbocycles. The Morgan fingerprint density at radius 1 is 1.40 bits per heavy atom. The second-order valence-corrected chi connectivity index (χ2v) is 3.46. The number of halogens is 3. The van der Waals surface area contributed by atoms with Crippen LogP contribution in [0.2, 0.25) is 0 Å². The van der Waals surface area contributed by atoms with Crippen molar-refractivity contribution in [2.24, 2.45) is 5.73 Å². The van der Waals surface area contributed by atoms with Gasteiger partial charge < -0.3 is 5.73 Å². The molecular weight excluding hydrogens is 205 g/mol. The molecule has 1 aromatic rings. The van der Waals surface area contributed by atoms with Crippen LogP contribution >= 0.6 is 0 Å². The van der Waals surface area contributed by atoms with E-state index in [4.69, 9.17) is 5.73 Å². The number of pyridine rings is 1. The zero-order valence-electron chi connectivity index (χ0n) is 8.38. The smallest absolute Gasteiger partial charge is 0.323 e. The highest BCUT2D eigenvalue weighted by molar-refractivity contribution is 5.12. The van der Waals surface area contributed by atoms with Gasteiger partial charge in [-0.1, -0.05) is 6.07 Å². The van der Waals surface area contributed by atoms with Crippen LogP contribution in [0.15, 0.2) is 18.2 Å². The zero-order valence-corrected chi connectivity index (χ0v) is 8.38. The molecule has 0 fully saturated rings. The molecular formula is C10H13F3N2. The maximum Gasteiger partial charge on any atom is 0.389 e. The summed E-state index contributed by atoms with van der Waals surface area (Å²) < 4.78 is 35.8. The molecule has 0 bridgehead atoms. The number of hydrogen-bond donors (Lipinski definition) is 1. The number of aromatic nitrogens is 1. The second-order valence-electron chi connectivity index (χ2n) is 3.46. The van der Waals surface area contributed by atoms with Crippen LogP contribution in [0.4, 0.5) is 13.2 Å². The fourth-order valence-electron chi connectivity index (χ4n) is 1.24. The second kappa shape index (κ2) is 4.61. The molecule has 0 amide bonds. The Labute approximate surface area is 86.3 Å². The van der Waals surface area contributed by atoms with Crippen LogP contribution in [0.25, 0.3) is 0 Å². The lowest BCUT2D eigenvalue weighted by molar-refractivity contribution is -0.136. The first-order valence-corrected chi connectivity index (χ1v) is 4.64. The first-order chi connectivity index (χ1) is 6.88. The van der Waals surface area contributed by atoms with Crippen LogP contribution in [0.3, 0.4) is 0 Å². The standard InChI is InChI=1S/C10H13F3N2/c1-7-3-2-4-9(15-7)8(14)5-6-10(11,12)13/h2-4,8H,5-6,14H2,1H3/t8-/m0/s1. The van der Waals surface area contributed by atoms with Gasteiger partial charge in [-0.15, -0.1) is 0 Å². The van der Waals surface area contributed by atoms with E-state index in [9.17, 15) is 13.2 Å². The van der Waals surface area contributed by atoms with Gasteiger partial charge in [0, 0.05) is 18.2 Å². The largest absolute Gasteiger partial charge is 0.389 e. The molecule has 1 rings (SSSR count). The van der Waals surface area contributed by atoms with Gasteiger partial charge >= 0.3 is 6.18 Å². The lowest BCUT2D eigenvalue weighted by Crippen LogP contribution is -2.17. The van der Waals surface area contributed by atoms with Crippen LogP contribution in [0, 0.1) is 6.92 Å². The highest BCUT2D eigenvalue weighted by atomic mass is 19.4. The Kier molecular flexibility index (Phi) is 3.68. The molecule has 0 spiro atoms. The van der Waals surface area contributed by atoms with Gasteiger partial charge in [0.2, 0.25) is 0 Å². The fraction of sp³-hybridized carbons (Fsp3) is 0.500. The van der Waals surface area contributed by atoms with E-state index >= 15 is 0 Å². The molecule has 5 heteroatoms. The monoisotopic (exact) mass is 218 g/mol. The Balaban J connectivity index is 2.58. The van der Waals surface area contributed by atoms with E-state index in [0.29, 0.717) is 5.69 Å². The van der Waals surface area contributed by atoms with Crippen molar-refractivity contribution in [2.45, 2.75) is 32.0 Å². The van der Waals surface area contributed by atoms with Crippen LogP contribution in [-0.2, 0) is 0 Å². The van der Waals surface area contributed by atoms with Crippen molar-refractivity contribution in [1.29, 1.82) is 0 Å². The fourth-order valence-corrected chi connectivity index (χ4v) is 1.24. The Hall–Kier alpha value is -1.10. The third-order valence-electron chi connectivity index (χ3n) is 2.03. The molecule has 15 heavy (non-hydrogen) atoms. The molecule has 2 N–H and O–H groups in total. The van der Waals surface area contributed by atoms with E-state index in [2.05, 4.69) is 4.98 Å². The van der Waals surface area contributed by atoms with E-state index in [-0.39, 0.29) is 6.42 Å². The van der Waals surface area contributed by atoms with E-state index in [0.717, 1.165) is 5.69 Å². The summed E-state index contributed by atoms with van der Waals surface area (Å²) >= 11 is 0. The highest BCUT2D eigenvalue weighted by Gasteiger charge is 2.28. The molecule has 0 aromatic carbocycles. The van der Waals surface area contributed by atoms with Gasteiger partial charge in [-0.05, 0) is 25.5 Å². The first-order valence-electron chi connectivity index (χ1n) is 4.64. The predicted molar refractivity (Wildman–Crippen MR) is 51.2 cm³/mol. The van der Waals surface area contributed by atoms with Gasteiger partial charge in [0.05, 0.1) is 5.69 Å². The molecule has 0 radical (unpaired) electrons. The predicted octanol–water partition coefficient (Wildman–Crippen LogP) is 2.73. The summed E-state index contributed by atoms with van der Waals surface area (Å²) in [5.74, 6) is 0. The summed E-state index contributed by atoms with van der Waals surface area (Å²) in [6, 6.07) is 4.52. The van der Waals surface area contributed by atoms with Gasteiger partial charge in [-0.2, -0.15) is 13.2 Å². The summed E-state index contributed by atoms with van der Waals surface area (Å²) in [5, 5.41) is 0. The highest BCUT2D eigenvalue weighted by Crippen LogP contribution is 2.25. The molecule has 1 aromatic heterocycles. The van der Waals surface area contributed by atoms with Crippen molar-refractivity contribution in [1.82, 2.24) is 4.98 Å². The SMILES string of the molecule is Cc1cccc([C@@H](N)CCC(F)(F)F)n1. The minimum atomic E-state index is -4.15. The summed E-state index contributed by atoms with van der Waals surface area (Å²) in [7, 11) is 0. The van der Waals surface area contributed by atoms with Crippen molar-refractivity contribution in [3.8, 4) is 0 Å². The van der Waals surface area contributed by atoms with Crippen LogP contribution in [-0.4, -0.2) is 11.2 Å². The molecule has 0 aliphatic heterocycles. The third-order valence-corrected chi connectivity index (χ3v) is 2.03. The van der Waals surface area contributed by atoms with Gasteiger partial charge in [0.25, 0.3) is 0 Å². The van der Waals surface area contributed by atoms with Gasteiger partial charge in [0.1, 0.15) is 0 Å². The maximum atomic E-state index is 11.9. The van der Waals surface area contributed by atoms with Crippen molar-refractivity contribution in [3.05, 3.63) is 29.6 Å². The summed E-state index contributed by atoms with van der Waals surface area (Å²) in [6.45, 7) is 1.78. The number of aryl methyl sites for hydroxylation is 1. The average Bonchev–Trinajstić information content (AvgIpc) is 2.13. The van der Waals surface area contributed by atoms with E-state index < -0.39 is 18.6 Å². The molecule has 1 heterocycles. The van der Waals surface area contributed by atoms with Crippen molar-refractivity contribution < 1.29 is 13.2 Å². The third kappa shape index (κ3) is 4.29. The summed E-state index contributed by atoms with van der Waals surface area (Å²) in [5.41, 5.74) is 6.88. The zero-order chi connectivity index (χ0) is 11.5. The van der Waals surface area contributed by atoms with Crippen LogP contribution < -0.4 is 5.73 Å². The molecule has 0 aliphatic rings. The summed E-state index contributed by atoms with van der Waals surface area (Å²) in [6.07, 6.45) is -5.15. The summed E-state index contributed by atoms with van der Waals surface area (Å²) in [4.78, 5) is 4.08. The molecule has 0 aliphatic carbocycles. The normalized spacial score (nSPS) is 13.9. The first kappa shape index (κ1) is 12.0. The van der Waals surface area contributed by atoms with Gasteiger partial charge in [-0.3, -0.25) is 4.98 Å². The quantitative estimate of drug-likeness (QED) is 0.847. The van der Waals surface area contributed by atoms with E-state index in [1.807, 2.05) is 0 Å². The van der Waals surface area contributed by atoms with Crippen molar-refractivity contribution in [3.63, 3.8) is 0 Å². The Morgan fingerprint density at radius 3 is 2.60 bits per heavy atom. The van der Waals surface area contributed by atoms with Crippen molar-refractivity contribution >= 4 is 0 Å². The minimum absolute atomic E-state index is 0.125. The van der Waals surface area contributed by atoms with Gasteiger partial charge in [-0.25, -0.2) is 0 Å². The van der Waals surface area contributed by atoms with Crippen LogP contribution in [0.5, 0.6) is 0 Å². The molecule has 2 nitrogen and oxygen atoms in total. The van der Waals surface area contributed by atoms with E-state index in [1.165, 1.54) is 0 Å². The topological polar surface area (TPSA) is 38.9 Å². The average molecular weight is 218 g/mol. The van der Waals surface area contributed by atoms with Gasteiger partial charge in [0.15, 0.2) is 0 Å².